The molecule has 1 atom stereocenters. The molecule has 17 heavy (non-hydrogen) atoms. The van der Waals surface area contributed by atoms with Crippen molar-refractivity contribution in [3.05, 3.63) is 56.8 Å². The van der Waals surface area contributed by atoms with Crippen LogP contribution in [0.5, 0.6) is 0 Å². The molecular weight excluding hydrogens is 284 g/mol. The molecule has 4 nitrogen and oxygen atoms in total. The van der Waals surface area contributed by atoms with Crippen LogP contribution in [0.25, 0.3) is 0 Å². The van der Waals surface area contributed by atoms with Crippen molar-refractivity contribution in [2.24, 2.45) is 5.73 Å². The monoisotopic (exact) mass is 296 g/mol. The van der Waals surface area contributed by atoms with Crippen molar-refractivity contribution >= 4 is 15.9 Å². The fourth-order valence-corrected chi connectivity index (χ4v) is 1.98. The highest BCUT2D eigenvalue weighted by atomic mass is 79.9. The number of nitrogens with two attached hydrogens (primary N) is 1. The zero-order valence-corrected chi connectivity index (χ0v) is 11.0. The number of aromatic nitrogens is 1. The van der Waals surface area contributed by atoms with Gasteiger partial charge in [0, 0.05) is 23.3 Å². The van der Waals surface area contributed by atoms with Crippen LogP contribution in [0.15, 0.2) is 44.1 Å². The maximum absolute atomic E-state index is 11.6. The summed E-state index contributed by atoms with van der Waals surface area (Å²) in [5.74, 6) is 1.51. The van der Waals surface area contributed by atoms with E-state index >= 15 is 0 Å². The number of rotatable bonds is 3. The van der Waals surface area contributed by atoms with Crippen molar-refractivity contribution in [2.45, 2.75) is 19.5 Å². The largest absolute Gasteiger partial charge is 0.465 e. The number of hydrogen-bond donors (Lipinski definition) is 1. The fraction of sp³-hybridized carbons (Fsp3) is 0.250. The van der Waals surface area contributed by atoms with Gasteiger partial charge in [0.05, 0.1) is 6.04 Å². The molecule has 0 saturated carbocycles. The highest BCUT2D eigenvalue weighted by Crippen LogP contribution is 2.15. The molecule has 2 heterocycles. The summed E-state index contributed by atoms with van der Waals surface area (Å²) in [5.41, 5.74) is 5.91. The number of aryl methyl sites for hydroxylation is 1. The molecule has 2 rings (SSSR count). The summed E-state index contributed by atoms with van der Waals surface area (Å²) in [7, 11) is 0. The Morgan fingerprint density at radius 3 is 2.82 bits per heavy atom. The van der Waals surface area contributed by atoms with E-state index < -0.39 is 0 Å². The van der Waals surface area contributed by atoms with E-state index in [1.807, 2.05) is 19.1 Å². The second-order valence-electron chi connectivity index (χ2n) is 3.89. The summed E-state index contributed by atoms with van der Waals surface area (Å²) in [6, 6.07) is 6.59. The molecule has 90 valence electrons. The predicted octanol–water partition coefficient (Wildman–Crippen LogP) is 2.21. The Morgan fingerprint density at radius 2 is 2.18 bits per heavy atom. The molecule has 2 aromatic heterocycles. The third kappa shape index (κ3) is 2.87. The molecule has 2 N–H and O–H groups in total. The van der Waals surface area contributed by atoms with E-state index in [-0.39, 0.29) is 11.6 Å². The van der Waals surface area contributed by atoms with E-state index in [0.29, 0.717) is 12.3 Å². The Hall–Kier alpha value is -1.33. The zero-order valence-electron chi connectivity index (χ0n) is 9.39. The van der Waals surface area contributed by atoms with E-state index in [2.05, 4.69) is 15.9 Å². The van der Waals surface area contributed by atoms with Crippen molar-refractivity contribution in [1.29, 1.82) is 0 Å². The standard InChI is InChI=1S/C12H13BrN2O2/c1-8-2-4-11(17-8)10(14)7-15-6-9(13)3-5-12(15)16/h2-6,10H,7,14H2,1H3. The molecule has 0 saturated heterocycles. The predicted molar refractivity (Wildman–Crippen MR) is 68.8 cm³/mol. The molecule has 2 aromatic rings. The van der Waals surface area contributed by atoms with Crippen LogP contribution in [0.1, 0.15) is 17.6 Å². The van der Waals surface area contributed by atoms with Crippen LogP contribution in [0, 0.1) is 6.92 Å². The molecular formula is C12H13BrN2O2. The van der Waals surface area contributed by atoms with Gasteiger partial charge >= 0.3 is 0 Å². The highest BCUT2D eigenvalue weighted by molar-refractivity contribution is 9.10. The number of hydrogen-bond acceptors (Lipinski definition) is 3. The molecule has 5 heteroatoms. The van der Waals surface area contributed by atoms with Crippen molar-refractivity contribution in [2.75, 3.05) is 0 Å². The SMILES string of the molecule is Cc1ccc(C(N)Cn2cc(Br)ccc2=O)o1. The minimum atomic E-state index is -0.323. The van der Waals surface area contributed by atoms with E-state index in [1.165, 1.54) is 6.07 Å². The lowest BCUT2D eigenvalue weighted by Crippen LogP contribution is -2.25. The first kappa shape index (κ1) is 12.1. The van der Waals surface area contributed by atoms with Gasteiger partial charge in [0.25, 0.3) is 5.56 Å². The molecule has 0 amide bonds. The minimum absolute atomic E-state index is 0.0769. The Balaban J connectivity index is 2.21. The maximum atomic E-state index is 11.6. The normalized spacial score (nSPS) is 12.6. The Bertz CT molecular complexity index is 574. The average Bonchev–Trinajstić information content (AvgIpc) is 2.70. The van der Waals surface area contributed by atoms with Crippen LogP contribution in [-0.4, -0.2) is 4.57 Å². The average molecular weight is 297 g/mol. The van der Waals surface area contributed by atoms with E-state index in [9.17, 15) is 4.79 Å². The second-order valence-corrected chi connectivity index (χ2v) is 4.81. The van der Waals surface area contributed by atoms with E-state index in [1.54, 1.807) is 16.8 Å². The Labute approximate surface area is 107 Å². The van der Waals surface area contributed by atoms with Gasteiger partial charge in [-0.25, -0.2) is 0 Å². The topological polar surface area (TPSA) is 61.2 Å². The van der Waals surface area contributed by atoms with Crippen molar-refractivity contribution in [1.82, 2.24) is 4.57 Å². The third-order valence-corrected chi connectivity index (χ3v) is 2.94. The number of pyridine rings is 1. The first-order valence-electron chi connectivity index (χ1n) is 5.24. The lowest BCUT2D eigenvalue weighted by Gasteiger charge is -2.11. The van der Waals surface area contributed by atoms with Crippen molar-refractivity contribution < 1.29 is 4.42 Å². The van der Waals surface area contributed by atoms with Crippen molar-refractivity contribution in [3.63, 3.8) is 0 Å². The summed E-state index contributed by atoms with van der Waals surface area (Å²) in [6.07, 6.45) is 1.72. The van der Waals surface area contributed by atoms with Gasteiger partial charge in [0.2, 0.25) is 0 Å². The second kappa shape index (κ2) is 4.89. The zero-order chi connectivity index (χ0) is 12.4. The molecule has 0 aromatic carbocycles. The van der Waals surface area contributed by atoms with Crippen LogP contribution < -0.4 is 11.3 Å². The van der Waals surface area contributed by atoms with Crippen molar-refractivity contribution in [3.8, 4) is 0 Å². The van der Waals surface area contributed by atoms with Gasteiger partial charge in [-0.15, -0.1) is 0 Å². The smallest absolute Gasteiger partial charge is 0.250 e. The fourth-order valence-electron chi connectivity index (χ4n) is 1.60. The Morgan fingerprint density at radius 1 is 1.41 bits per heavy atom. The lowest BCUT2D eigenvalue weighted by atomic mass is 10.2. The van der Waals surface area contributed by atoms with Crippen LogP contribution >= 0.6 is 15.9 Å². The summed E-state index contributed by atoms with van der Waals surface area (Å²) in [4.78, 5) is 11.6. The summed E-state index contributed by atoms with van der Waals surface area (Å²) < 4.78 is 7.84. The summed E-state index contributed by atoms with van der Waals surface area (Å²) >= 11 is 3.32. The first-order valence-corrected chi connectivity index (χ1v) is 6.03. The number of halogens is 1. The van der Waals surface area contributed by atoms with Gasteiger partial charge in [-0.3, -0.25) is 4.79 Å². The molecule has 1 unspecified atom stereocenters. The lowest BCUT2D eigenvalue weighted by molar-refractivity contribution is 0.417. The maximum Gasteiger partial charge on any atom is 0.250 e. The molecule has 0 radical (unpaired) electrons. The van der Waals surface area contributed by atoms with Crippen LogP contribution in [-0.2, 0) is 6.54 Å². The first-order chi connectivity index (χ1) is 8.06. The molecule has 0 aliphatic rings. The van der Waals surface area contributed by atoms with Gasteiger partial charge in [-0.2, -0.15) is 0 Å². The van der Waals surface area contributed by atoms with Crippen LogP contribution in [0.2, 0.25) is 0 Å². The van der Waals surface area contributed by atoms with E-state index in [0.717, 1.165) is 10.2 Å². The van der Waals surface area contributed by atoms with Crippen LogP contribution in [0.3, 0.4) is 0 Å². The number of nitrogens with zero attached hydrogens (tertiary/aromatic N) is 1. The summed E-state index contributed by atoms with van der Waals surface area (Å²) in [6.45, 7) is 2.26. The molecule has 0 aliphatic heterocycles. The number of furan rings is 1. The van der Waals surface area contributed by atoms with E-state index in [4.69, 9.17) is 10.2 Å². The molecule has 0 aliphatic carbocycles. The van der Waals surface area contributed by atoms with Gasteiger partial charge in [0.15, 0.2) is 0 Å². The minimum Gasteiger partial charge on any atom is -0.465 e. The molecule has 0 spiro atoms. The van der Waals surface area contributed by atoms with Gasteiger partial charge in [0.1, 0.15) is 11.5 Å². The van der Waals surface area contributed by atoms with Gasteiger partial charge in [-0.1, -0.05) is 0 Å². The van der Waals surface area contributed by atoms with Gasteiger partial charge < -0.3 is 14.7 Å². The Kier molecular flexibility index (Phi) is 3.49. The van der Waals surface area contributed by atoms with Gasteiger partial charge in [-0.05, 0) is 41.1 Å². The highest BCUT2D eigenvalue weighted by Gasteiger charge is 2.11. The molecule has 0 fully saturated rings. The third-order valence-electron chi connectivity index (χ3n) is 2.47. The molecule has 0 bridgehead atoms. The van der Waals surface area contributed by atoms with Crippen LogP contribution in [0.4, 0.5) is 0 Å². The quantitative estimate of drug-likeness (QED) is 0.945. The summed E-state index contributed by atoms with van der Waals surface area (Å²) in [5, 5.41) is 0.